The number of carbonyl (C=O) groups excluding carboxylic acids is 1. The monoisotopic (exact) mass is 398 g/mol. The van der Waals surface area contributed by atoms with E-state index in [0.717, 1.165) is 17.2 Å². The van der Waals surface area contributed by atoms with Crippen LogP contribution in [0.5, 0.6) is 5.75 Å². The fourth-order valence-corrected chi connectivity index (χ4v) is 4.79. The number of urea groups is 1. The largest absolute Gasteiger partial charge is 0.497 e. The number of ether oxygens (including phenoxy) is 1. The fraction of sp³-hybridized carbons (Fsp3) is 0.476. The van der Waals surface area contributed by atoms with Crippen LogP contribution in [0.15, 0.2) is 30.3 Å². The second kappa shape index (κ2) is 8.73. The number of hydrogen-bond acceptors (Lipinski definition) is 5. The van der Waals surface area contributed by atoms with Gasteiger partial charge in [0.05, 0.1) is 7.11 Å². The van der Waals surface area contributed by atoms with E-state index in [4.69, 9.17) is 4.74 Å². The highest BCUT2D eigenvalue weighted by molar-refractivity contribution is 7.15. The lowest BCUT2D eigenvalue weighted by Gasteiger charge is -2.26. The molecule has 0 atom stereocenters. The SMILES string of the molecule is COc1ccc(C2=CCN(C(=O)Nc3nnc(C4CCCCC4)s3)CC2)cc1. The molecule has 7 heteroatoms. The highest BCUT2D eigenvalue weighted by Gasteiger charge is 2.22. The molecule has 6 nitrogen and oxygen atoms in total. The lowest BCUT2D eigenvalue weighted by atomic mass is 9.90. The van der Waals surface area contributed by atoms with Gasteiger partial charge in [-0.2, -0.15) is 0 Å². The van der Waals surface area contributed by atoms with Crippen LogP contribution in [-0.2, 0) is 0 Å². The van der Waals surface area contributed by atoms with Gasteiger partial charge in [0.15, 0.2) is 0 Å². The summed E-state index contributed by atoms with van der Waals surface area (Å²) in [5.74, 6) is 1.37. The summed E-state index contributed by atoms with van der Waals surface area (Å²) in [7, 11) is 1.67. The third kappa shape index (κ3) is 4.35. The number of methoxy groups -OCH3 is 1. The summed E-state index contributed by atoms with van der Waals surface area (Å²) in [6.45, 7) is 1.29. The van der Waals surface area contributed by atoms with Crippen LogP contribution in [0.25, 0.3) is 5.57 Å². The first-order valence-corrected chi connectivity index (χ1v) is 10.8. The average molecular weight is 399 g/mol. The van der Waals surface area contributed by atoms with Crippen LogP contribution in [0.4, 0.5) is 9.93 Å². The Labute approximate surface area is 169 Å². The van der Waals surface area contributed by atoms with Crippen LogP contribution in [0.2, 0.25) is 0 Å². The van der Waals surface area contributed by atoms with E-state index < -0.39 is 0 Å². The zero-order valence-corrected chi connectivity index (χ0v) is 17.0. The number of hydrogen-bond donors (Lipinski definition) is 1. The van der Waals surface area contributed by atoms with E-state index >= 15 is 0 Å². The van der Waals surface area contributed by atoms with E-state index in [9.17, 15) is 4.79 Å². The molecule has 2 heterocycles. The van der Waals surface area contributed by atoms with Crippen molar-refractivity contribution in [2.45, 2.75) is 44.4 Å². The summed E-state index contributed by atoms with van der Waals surface area (Å²) in [6.07, 6.45) is 9.19. The topological polar surface area (TPSA) is 67.3 Å². The molecule has 0 unspecified atom stereocenters. The van der Waals surface area contributed by atoms with Gasteiger partial charge in [0.25, 0.3) is 0 Å². The Morgan fingerprint density at radius 3 is 2.64 bits per heavy atom. The summed E-state index contributed by atoms with van der Waals surface area (Å²) in [4.78, 5) is 14.4. The zero-order chi connectivity index (χ0) is 19.3. The first kappa shape index (κ1) is 18.9. The van der Waals surface area contributed by atoms with E-state index in [2.05, 4.69) is 33.7 Å². The molecule has 0 radical (unpaired) electrons. The van der Waals surface area contributed by atoms with E-state index in [-0.39, 0.29) is 6.03 Å². The van der Waals surface area contributed by atoms with Gasteiger partial charge in [-0.05, 0) is 42.5 Å². The highest BCUT2D eigenvalue weighted by Crippen LogP contribution is 2.35. The maximum Gasteiger partial charge on any atom is 0.323 e. The van der Waals surface area contributed by atoms with Crippen molar-refractivity contribution in [2.24, 2.45) is 0 Å². The number of nitrogens with one attached hydrogen (secondary N) is 1. The van der Waals surface area contributed by atoms with Crippen LogP contribution >= 0.6 is 11.3 Å². The Balaban J connectivity index is 1.33. The van der Waals surface area contributed by atoms with Crippen LogP contribution < -0.4 is 10.1 Å². The van der Waals surface area contributed by atoms with E-state index in [1.54, 1.807) is 7.11 Å². The molecule has 1 N–H and O–H groups in total. The summed E-state index contributed by atoms with van der Waals surface area (Å²) < 4.78 is 5.21. The van der Waals surface area contributed by atoms with Crippen LogP contribution in [0.1, 0.15) is 55.0 Å². The first-order valence-electron chi connectivity index (χ1n) is 9.96. The quantitative estimate of drug-likeness (QED) is 0.794. The molecule has 1 aromatic heterocycles. The number of amides is 2. The van der Waals surface area contributed by atoms with Crippen molar-refractivity contribution in [2.75, 3.05) is 25.5 Å². The Bertz CT molecular complexity index is 840. The molecular weight excluding hydrogens is 372 g/mol. The molecule has 4 rings (SSSR count). The van der Waals surface area contributed by atoms with Gasteiger partial charge in [0.1, 0.15) is 10.8 Å². The maximum atomic E-state index is 12.6. The summed E-state index contributed by atoms with van der Waals surface area (Å²) in [5, 5.41) is 13.1. The smallest absolute Gasteiger partial charge is 0.323 e. The molecule has 0 saturated heterocycles. The molecule has 0 bridgehead atoms. The molecule has 2 amide bonds. The van der Waals surface area contributed by atoms with Gasteiger partial charge in [-0.3, -0.25) is 5.32 Å². The molecule has 1 aromatic carbocycles. The minimum absolute atomic E-state index is 0.101. The van der Waals surface area contributed by atoms with Crippen molar-refractivity contribution in [3.8, 4) is 5.75 Å². The lowest BCUT2D eigenvalue weighted by Crippen LogP contribution is -2.37. The normalized spacial score (nSPS) is 17.9. The van der Waals surface area contributed by atoms with Crippen molar-refractivity contribution in [3.63, 3.8) is 0 Å². The van der Waals surface area contributed by atoms with Crippen LogP contribution in [0.3, 0.4) is 0 Å². The Morgan fingerprint density at radius 2 is 1.96 bits per heavy atom. The number of rotatable bonds is 4. The van der Waals surface area contributed by atoms with Crippen LogP contribution in [-0.4, -0.2) is 41.3 Å². The van der Waals surface area contributed by atoms with Gasteiger partial charge in [0, 0.05) is 19.0 Å². The fourth-order valence-electron chi connectivity index (χ4n) is 3.89. The summed E-state index contributed by atoms with van der Waals surface area (Å²) in [5.41, 5.74) is 2.45. The minimum Gasteiger partial charge on any atom is -0.497 e. The van der Waals surface area contributed by atoms with E-state index in [1.165, 1.54) is 54.6 Å². The van der Waals surface area contributed by atoms with Crippen LogP contribution in [0, 0.1) is 0 Å². The number of aromatic nitrogens is 2. The second-order valence-corrected chi connectivity index (χ2v) is 8.37. The number of carbonyl (C=O) groups is 1. The van der Waals surface area contributed by atoms with Gasteiger partial charge in [0.2, 0.25) is 5.13 Å². The predicted octanol–water partition coefficient (Wildman–Crippen LogP) is 4.92. The van der Waals surface area contributed by atoms with Crippen molar-refractivity contribution in [1.82, 2.24) is 15.1 Å². The number of anilines is 1. The molecule has 2 aliphatic rings. The predicted molar refractivity (Wildman–Crippen MR) is 112 cm³/mol. The number of benzene rings is 1. The molecule has 0 spiro atoms. The van der Waals surface area contributed by atoms with Crippen molar-refractivity contribution in [1.29, 1.82) is 0 Å². The Kier molecular flexibility index (Phi) is 5.90. The van der Waals surface area contributed by atoms with Crippen molar-refractivity contribution < 1.29 is 9.53 Å². The molecule has 1 aliphatic carbocycles. The molecular formula is C21H26N4O2S. The molecule has 1 fully saturated rings. The molecule has 28 heavy (non-hydrogen) atoms. The average Bonchev–Trinajstić information content (AvgIpc) is 3.23. The van der Waals surface area contributed by atoms with Crippen molar-refractivity contribution >= 4 is 28.1 Å². The highest BCUT2D eigenvalue weighted by atomic mass is 32.1. The zero-order valence-electron chi connectivity index (χ0n) is 16.2. The van der Waals surface area contributed by atoms with Gasteiger partial charge in [-0.15, -0.1) is 10.2 Å². The first-order chi connectivity index (χ1) is 13.7. The van der Waals surface area contributed by atoms with Crippen molar-refractivity contribution in [3.05, 3.63) is 40.9 Å². The summed E-state index contributed by atoms with van der Waals surface area (Å²) >= 11 is 1.52. The van der Waals surface area contributed by atoms with E-state index in [1.807, 2.05) is 17.0 Å². The third-order valence-corrected chi connectivity index (χ3v) is 6.57. The maximum absolute atomic E-state index is 12.6. The van der Waals surface area contributed by atoms with Gasteiger partial charge < -0.3 is 9.64 Å². The standard InChI is InChI=1S/C21H26N4O2S/c1-27-18-9-7-15(8-10-18)16-11-13-25(14-12-16)21(26)22-20-24-23-19(28-20)17-5-3-2-4-6-17/h7-11,17H,2-6,12-14H2,1H3,(H,22,24,26). The molecule has 1 aliphatic heterocycles. The van der Waals surface area contributed by atoms with Gasteiger partial charge in [-0.25, -0.2) is 4.79 Å². The Morgan fingerprint density at radius 1 is 1.18 bits per heavy atom. The van der Waals surface area contributed by atoms with Gasteiger partial charge in [-0.1, -0.05) is 48.8 Å². The van der Waals surface area contributed by atoms with Gasteiger partial charge >= 0.3 is 6.03 Å². The molecule has 148 valence electrons. The molecule has 1 saturated carbocycles. The Hall–Kier alpha value is -2.41. The third-order valence-electron chi connectivity index (χ3n) is 5.57. The lowest BCUT2D eigenvalue weighted by molar-refractivity contribution is 0.217. The molecule has 2 aromatic rings. The van der Waals surface area contributed by atoms with E-state index in [0.29, 0.717) is 24.1 Å². The minimum atomic E-state index is -0.101. The second-order valence-electron chi connectivity index (χ2n) is 7.36. The summed E-state index contributed by atoms with van der Waals surface area (Å²) in [6, 6.07) is 7.96. The number of nitrogens with zero attached hydrogens (tertiary/aromatic N) is 3.